The minimum absolute atomic E-state index is 0.0850. The van der Waals surface area contributed by atoms with E-state index >= 15 is 0 Å². The molecule has 0 aliphatic carbocycles. The van der Waals surface area contributed by atoms with Crippen molar-refractivity contribution in [3.8, 4) is 5.75 Å². The third kappa shape index (κ3) is 5.63. The molecule has 4 nitrogen and oxygen atoms in total. The molecular weight excluding hydrogens is 285 g/mol. The lowest BCUT2D eigenvalue weighted by atomic mass is 10.1. The van der Waals surface area contributed by atoms with Gasteiger partial charge in [-0.05, 0) is 18.2 Å². The number of carbonyl (C=O) groups is 1. The smallest absolute Gasteiger partial charge is 0.418 e. The number of rotatable bonds is 6. The van der Waals surface area contributed by atoms with Gasteiger partial charge in [-0.25, -0.2) is 0 Å². The molecule has 0 aliphatic heterocycles. The molecule has 1 aromatic rings. The fraction of sp³-hybridized carbons (Fsp3) is 0.500. The Morgan fingerprint density at radius 1 is 1.33 bits per heavy atom. The van der Waals surface area contributed by atoms with Gasteiger partial charge in [0.15, 0.2) is 0 Å². The number of anilines is 1. The number of nitrogens with one attached hydrogen (secondary N) is 2. The van der Waals surface area contributed by atoms with Gasteiger partial charge in [0.05, 0.1) is 18.4 Å². The van der Waals surface area contributed by atoms with Gasteiger partial charge in [-0.2, -0.15) is 13.2 Å². The van der Waals surface area contributed by atoms with Gasteiger partial charge in [-0.15, -0.1) is 0 Å². The number of hydrogen-bond acceptors (Lipinski definition) is 3. The first-order valence-corrected chi connectivity index (χ1v) is 6.52. The topological polar surface area (TPSA) is 50.4 Å². The zero-order chi connectivity index (χ0) is 16.0. The molecule has 0 saturated carbocycles. The summed E-state index contributed by atoms with van der Waals surface area (Å²) in [5, 5.41) is 5.31. The number of halogens is 3. The van der Waals surface area contributed by atoms with Crippen molar-refractivity contribution >= 4 is 11.6 Å². The van der Waals surface area contributed by atoms with E-state index in [9.17, 15) is 18.0 Å². The Morgan fingerprint density at radius 3 is 2.52 bits per heavy atom. The molecule has 0 bridgehead atoms. The summed E-state index contributed by atoms with van der Waals surface area (Å²) in [5.41, 5.74) is -1.19. The first-order valence-electron chi connectivity index (χ1n) is 6.52. The van der Waals surface area contributed by atoms with Crippen LogP contribution in [0.15, 0.2) is 18.2 Å². The maximum atomic E-state index is 13.0. The van der Waals surface area contributed by atoms with Crippen LogP contribution in [0.25, 0.3) is 0 Å². The number of carbonyl (C=O) groups excluding carboxylic acids is 1. The highest BCUT2D eigenvalue weighted by Crippen LogP contribution is 2.37. The van der Waals surface area contributed by atoms with Crippen molar-refractivity contribution in [1.82, 2.24) is 5.32 Å². The number of amides is 1. The standard InChI is InChI=1S/C14H19F3N2O2/c1-9(2)18-7-6-13(20)19-12-5-4-10(21-3)8-11(12)14(15,16)17/h4-5,8-9,18H,6-7H2,1-3H3,(H,19,20). The predicted octanol–water partition coefficient (Wildman–Crippen LogP) is 3.04. The first-order chi connectivity index (χ1) is 9.74. The third-order valence-electron chi connectivity index (χ3n) is 2.71. The molecule has 0 heterocycles. The number of alkyl halides is 3. The third-order valence-corrected chi connectivity index (χ3v) is 2.71. The zero-order valence-electron chi connectivity index (χ0n) is 12.2. The van der Waals surface area contributed by atoms with Crippen molar-refractivity contribution in [3.05, 3.63) is 23.8 Å². The van der Waals surface area contributed by atoms with Crippen molar-refractivity contribution in [2.45, 2.75) is 32.5 Å². The van der Waals surface area contributed by atoms with Gasteiger partial charge in [0.2, 0.25) is 5.91 Å². The van der Waals surface area contributed by atoms with E-state index < -0.39 is 17.6 Å². The van der Waals surface area contributed by atoms with Gasteiger partial charge in [0.1, 0.15) is 5.75 Å². The molecule has 0 atom stereocenters. The summed E-state index contributed by atoms with van der Waals surface area (Å²) in [4.78, 5) is 11.7. The van der Waals surface area contributed by atoms with Crippen LogP contribution < -0.4 is 15.4 Å². The normalized spacial score (nSPS) is 11.6. The largest absolute Gasteiger partial charge is 0.497 e. The van der Waals surface area contributed by atoms with Crippen molar-refractivity contribution in [2.75, 3.05) is 19.0 Å². The second-order valence-corrected chi connectivity index (χ2v) is 4.82. The van der Waals surface area contributed by atoms with E-state index in [0.29, 0.717) is 6.54 Å². The van der Waals surface area contributed by atoms with E-state index in [1.807, 2.05) is 13.8 Å². The van der Waals surface area contributed by atoms with Crippen LogP contribution in [-0.4, -0.2) is 25.6 Å². The Labute approximate surface area is 121 Å². The van der Waals surface area contributed by atoms with Crippen LogP contribution in [0, 0.1) is 0 Å². The first kappa shape index (κ1) is 17.3. The zero-order valence-corrected chi connectivity index (χ0v) is 12.2. The summed E-state index contributed by atoms with van der Waals surface area (Å²) in [5.74, 6) is -0.388. The van der Waals surface area contributed by atoms with Crippen LogP contribution in [0.5, 0.6) is 5.75 Å². The summed E-state index contributed by atoms with van der Waals surface area (Å²) < 4.78 is 43.6. The van der Waals surface area contributed by atoms with Gasteiger partial charge in [-0.3, -0.25) is 4.79 Å². The van der Waals surface area contributed by atoms with Crippen molar-refractivity contribution in [1.29, 1.82) is 0 Å². The molecular formula is C14H19F3N2O2. The van der Waals surface area contributed by atoms with E-state index in [1.165, 1.54) is 19.2 Å². The maximum absolute atomic E-state index is 13.0. The second kappa shape index (κ2) is 7.31. The Balaban J connectivity index is 2.80. The fourth-order valence-electron chi connectivity index (χ4n) is 1.68. The van der Waals surface area contributed by atoms with E-state index in [2.05, 4.69) is 10.6 Å². The van der Waals surface area contributed by atoms with Gasteiger partial charge < -0.3 is 15.4 Å². The maximum Gasteiger partial charge on any atom is 0.418 e. The Kier molecular flexibility index (Phi) is 6.02. The van der Waals surface area contributed by atoms with Crippen LogP contribution in [0.3, 0.4) is 0 Å². The lowest BCUT2D eigenvalue weighted by Crippen LogP contribution is -2.27. The molecule has 0 saturated heterocycles. The SMILES string of the molecule is COc1ccc(NC(=O)CCNC(C)C)c(C(F)(F)F)c1. The highest BCUT2D eigenvalue weighted by atomic mass is 19.4. The molecule has 7 heteroatoms. The van der Waals surface area contributed by atoms with Crippen molar-refractivity contribution in [2.24, 2.45) is 0 Å². The lowest BCUT2D eigenvalue weighted by molar-refractivity contribution is -0.137. The van der Waals surface area contributed by atoms with Crippen LogP contribution >= 0.6 is 0 Å². The molecule has 0 aliphatic rings. The van der Waals surface area contributed by atoms with Crippen molar-refractivity contribution < 1.29 is 22.7 Å². The van der Waals surface area contributed by atoms with Crippen LogP contribution in [0.2, 0.25) is 0 Å². The predicted molar refractivity (Wildman–Crippen MR) is 74.4 cm³/mol. The second-order valence-electron chi connectivity index (χ2n) is 4.82. The molecule has 0 fully saturated rings. The average molecular weight is 304 g/mol. The quantitative estimate of drug-likeness (QED) is 0.849. The molecule has 118 valence electrons. The van der Waals surface area contributed by atoms with Crippen LogP contribution in [0.4, 0.5) is 18.9 Å². The fourth-order valence-corrected chi connectivity index (χ4v) is 1.68. The number of ether oxygens (including phenoxy) is 1. The van der Waals surface area contributed by atoms with Gasteiger partial charge in [0, 0.05) is 19.0 Å². The molecule has 21 heavy (non-hydrogen) atoms. The minimum Gasteiger partial charge on any atom is -0.497 e. The number of benzene rings is 1. The number of hydrogen-bond donors (Lipinski definition) is 2. The summed E-state index contributed by atoms with van der Waals surface area (Å²) >= 11 is 0. The minimum atomic E-state index is -4.56. The van der Waals surface area contributed by atoms with E-state index in [-0.39, 0.29) is 23.9 Å². The Hall–Kier alpha value is -1.76. The number of methoxy groups -OCH3 is 1. The van der Waals surface area contributed by atoms with E-state index in [0.717, 1.165) is 6.07 Å². The van der Waals surface area contributed by atoms with Gasteiger partial charge in [0.25, 0.3) is 0 Å². The molecule has 1 aromatic carbocycles. The van der Waals surface area contributed by atoms with Crippen LogP contribution in [-0.2, 0) is 11.0 Å². The summed E-state index contributed by atoms with van der Waals surface area (Å²) in [6, 6.07) is 3.64. The summed E-state index contributed by atoms with van der Waals surface area (Å²) in [6.07, 6.45) is -4.46. The Morgan fingerprint density at radius 2 is 2.00 bits per heavy atom. The summed E-state index contributed by atoms with van der Waals surface area (Å²) in [6.45, 7) is 4.24. The molecule has 0 radical (unpaired) electrons. The lowest BCUT2D eigenvalue weighted by Gasteiger charge is -2.15. The molecule has 0 aromatic heterocycles. The van der Waals surface area contributed by atoms with Gasteiger partial charge >= 0.3 is 6.18 Å². The van der Waals surface area contributed by atoms with Crippen molar-refractivity contribution in [3.63, 3.8) is 0 Å². The monoisotopic (exact) mass is 304 g/mol. The summed E-state index contributed by atoms with van der Waals surface area (Å²) in [7, 11) is 1.28. The molecule has 1 rings (SSSR count). The molecule has 0 spiro atoms. The highest BCUT2D eigenvalue weighted by molar-refractivity contribution is 5.91. The van der Waals surface area contributed by atoms with E-state index in [4.69, 9.17) is 4.74 Å². The Bertz CT molecular complexity index is 488. The molecule has 1 amide bonds. The average Bonchev–Trinajstić information content (AvgIpc) is 2.37. The molecule has 0 unspecified atom stereocenters. The molecule has 2 N–H and O–H groups in total. The van der Waals surface area contributed by atoms with Gasteiger partial charge in [-0.1, -0.05) is 13.8 Å². The highest BCUT2D eigenvalue weighted by Gasteiger charge is 2.34. The van der Waals surface area contributed by atoms with E-state index in [1.54, 1.807) is 0 Å². The van der Waals surface area contributed by atoms with Crippen LogP contribution in [0.1, 0.15) is 25.8 Å².